The number of anilines is 1. The van der Waals surface area contributed by atoms with Gasteiger partial charge in [-0.2, -0.15) is 0 Å². The molecule has 0 aromatic heterocycles. The van der Waals surface area contributed by atoms with Gasteiger partial charge in [0.05, 0.1) is 31.3 Å². The lowest BCUT2D eigenvalue weighted by Gasteiger charge is -2.28. The fraction of sp³-hybridized carbons (Fsp3) is 0.515. The first-order chi connectivity index (χ1) is 19.2. The van der Waals surface area contributed by atoms with Gasteiger partial charge >= 0.3 is 11.9 Å². The summed E-state index contributed by atoms with van der Waals surface area (Å²) in [5.41, 5.74) is 7.20. The van der Waals surface area contributed by atoms with Gasteiger partial charge in [-0.15, -0.1) is 0 Å². The largest absolute Gasteiger partial charge is 0.468 e. The van der Waals surface area contributed by atoms with Crippen molar-refractivity contribution in [1.29, 1.82) is 0 Å². The number of carbonyl (C=O) groups excluding carboxylic acids is 2. The Bertz CT molecular complexity index is 1460. The van der Waals surface area contributed by atoms with E-state index in [1.165, 1.54) is 14.2 Å². The van der Waals surface area contributed by atoms with E-state index in [2.05, 4.69) is 26.0 Å². The number of hydrogen-bond acceptors (Lipinski definition) is 6. The second kappa shape index (κ2) is 11.6. The summed E-state index contributed by atoms with van der Waals surface area (Å²) in [6.45, 7) is 14.6. The van der Waals surface area contributed by atoms with E-state index in [0.717, 1.165) is 39.0 Å². The zero-order valence-electron chi connectivity index (χ0n) is 25.7. The van der Waals surface area contributed by atoms with Crippen LogP contribution in [0.1, 0.15) is 99.1 Å². The average molecular weight is 582 g/mol. The molecule has 7 nitrogen and oxygen atoms in total. The summed E-state index contributed by atoms with van der Waals surface area (Å²) in [7, 11) is -1.39. The Morgan fingerprint density at radius 1 is 0.902 bits per heavy atom. The number of aryl methyl sites for hydroxylation is 1. The highest BCUT2D eigenvalue weighted by molar-refractivity contribution is 7.93. The number of nitrogens with zero attached hydrogens (tertiary/aromatic N) is 1. The van der Waals surface area contributed by atoms with Crippen LogP contribution in [0.5, 0.6) is 0 Å². The zero-order valence-corrected chi connectivity index (χ0v) is 26.5. The normalized spacial score (nSPS) is 16.8. The Hall–Kier alpha value is -3.13. The maximum absolute atomic E-state index is 14.7. The maximum Gasteiger partial charge on any atom is 0.320 e. The molecule has 0 saturated carbocycles. The van der Waals surface area contributed by atoms with Crippen molar-refractivity contribution in [2.75, 3.05) is 25.1 Å². The molecule has 2 aromatic carbocycles. The maximum atomic E-state index is 14.7. The van der Waals surface area contributed by atoms with Crippen molar-refractivity contribution in [2.24, 2.45) is 11.8 Å². The number of hydrogen-bond donors (Lipinski definition) is 0. The Kier molecular flexibility index (Phi) is 8.74. The zero-order chi connectivity index (χ0) is 30.4. The molecule has 4 rings (SSSR count). The van der Waals surface area contributed by atoms with Crippen molar-refractivity contribution in [3.8, 4) is 0 Å². The van der Waals surface area contributed by atoms with Crippen molar-refractivity contribution in [2.45, 2.75) is 84.0 Å². The van der Waals surface area contributed by atoms with E-state index in [-0.39, 0.29) is 30.2 Å². The van der Waals surface area contributed by atoms with Gasteiger partial charge in [0, 0.05) is 5.56 Å². The van der Waals surface area contributed by atoms with Crippen LogP contribution in [0.2, 0.25) is 0 Å². The van der Waals surface area contributed by atoms with Crippen LogP contribution in [0.25, 0.3) is 5.57 Å². The van der Waals surface area contributed by atoms with E-state index in [1.54, 1.807) is 4.31 Å². The van der Waals surface area contributed by atoms with E-state index < -0.39 is 27.9 Å². The van der Waals surface area contributed by atoms with Crippen molar-refractivity contribution < 1.29 is 27.5 Å². The number of rotatable bonds is 8. The molecule has 8 heteroatoms. The average Bonchev–Trinajstić information content (AvgIpc) is 3.20. The van der Waals surface area contributed by atoms with Gasteiger partial charge in [-0.25, -0.2) is 8.42 Å². The van der Waals surface area contributed by atoms with Crippen LogP contribution in [0.4, 0.5) is 5.69 Å². The lowest BCUT2D eigenvalue weighted by atomic mass is 9.83. The molecule has 2 aliphatic rings. The fourth-order valence-electron chi connectivity index (χ4n) is 6.19. The summed E-state index contributed by atoms with van der Waals surface area (Å²) in [5, 5.41) is 0. The first-order valence-electron chi connectivity index (χ1n) is 14.4. The molecule has 1 unspecified atom stereocenters. The van der Waals surface area contributed by atoms with E-state index >= 15 is 0 Å². The van der Waals surface area contributed by atoms with Crippen LogP contribution in [0.3, 0.4) is 0 Å². The Morgan fingerprint density at radius 2 is 1.46 bits per heavy atom. The molecule has 0 saturated heterocycles. The van der Waals surface area contributed by atoms with Crippen LogP contribution < -0.4 is 4.31 Å². The van der Waals surface area contributed by atoms with Gasteiger partial charge in [-0.1, -0.05) is 65.8 Å². The monoisotopic (exact) mass is 581 g/mol. The summed E-state index contributed by atoms with van der Waals surface area (Å²) in [4.78, 5) is 25.7. The summed E-state index contributed by atoms with van der Waals surface area (Å²) >= 11 is 0. The third-order valence-electron chi connectivity index (χ3n) is 8.57. The minimum absolute atomic E-state index is 0.0230. The number of carbonyl (C=O) groups is 2. The van der Waals surface area contributed by atoms with E-state index in [9.17, 15) is 18.0 Å². The van der Waals surface area contributed by atoms with Crippen LogP contribution in [0.15, 0.2) is 35.2 Å². The fourth-order valence-corrected chi connectivity index (χ4v) is 8.32. The molecule has 0 fully saturated rings. The molecule has 0 amide bonds. The highest BCUT2D eigenvalue weighted by Gasteiger charge is 2.42. The van der Waals surface area contributed by atoms with Crippen molar-refractivity contribution in [3.05, 3.63) is 63.7 Å². The second-order valence-electron chi connectivity index (χ2n) is 12.2. The molecule has 0 radical (unpaired) electrons. The molecule has 1 atom stereocenters. The molecule has 1 aliphatic carbocycles. The van der Waals surface area contributed by atoms with Crippen molar-refractivity contribution >= 4 is 33.2 Å². The minimum atomic E-state index is -3.92. The molecule has 41 heavy (non-hydrogen) atoms. The molecule has 222 valence electrons. The number of allylic oxidation sites excluding steroid dienone is 1. The number of ether oxygens (including phenoxy) is 2. The smallest absolute Gasteiger partial charge is 0.320 e. The molecule has 0 spiro atoms. The van der Waals surface area contributed by atoms with Crippen LogP contribution >= 0.6 is 0 Å². The highest BCUT2D eigenvalue weighted by atomic mass is 32.2. The lowest BCUT2D eigenvalue weighted by molar-refractivity contribution is -0.161. The molecule has 2 aromatic rings. The highest BCUT2D eigenvalue weighted by Crippen LogP contribution is 2.47. The number of methoxy groups -OCH3 is 2. The minimum Gasteiger partial charge on any atom is -0.468 e. The Morgan fingerprint density at radius 3 is 1.95 bits per heavy atom. The molecule has 0 bridgehead atoms. The molecular formula is C33H43NO6S. The van der Waals surface area contributed by atoms with Crippen LogP contribution in [0, 0.1) is 18.8 Å². The summed E-state index contributed by atoms with van der Waals surface area (Å²) in [5.74, 6) is -2.35. The summed E-state index contributed by atoms with van der Waals surface area (Å²) < 4.78 is 40.9. The molecule has 1 aliphatic heterocycles. The quantitative estimate of drug-likeness (QED) is 0.262. The number of esters is 2. The first-order valence-corrected chi connectivity index (χ1v) is 15.9. The lowest BCUT2D eigenvalue weighted by Crippen LogP contribution is -2.34. The van der Waals surface area contributed by atoms with Crippen molar-refractivity contribution in [3.63, 3.8) is 0 Å². The SMILES string of the molecule is COC(=O)C(C(=O)OC)C1CC=C2CN(S(=O)(=O)c3c(C(C)C)cc(C(C)C)cc3C(C)C)c3ccc(C)c(c32)C1. The van der Waals surface area contributed by atoms with Gasteiger partial charge in [0.25, 0.3) is 10.0 Å². The second-order valence-corrected chi connectivity index (χ2v) is 14.0. The molecular weight excluding hydrogens is 538 g/mol. The van der Waals surface area contributed by atoms with Gasteiger partial charge < -0.3 is 9.47 Å². The van der Waals surface area contributed by atoms with Gasteiger partial charge in [-0.3, -0.25) is 13.9 Å². The van der Waals surface area contributed by atoms with Gasteiger partial charge in [0.15, 0.2) is 5.92 Å². The number of benzene rings is 2. The van der Waals surface area contributed by atoms with Gasteiger partial charge in [-0.05, 0) is 82.9 Å². The molecule has 0 N–H and O–H groups in total. The van der Waals surface area contributed by atoms with Gasteiger partial charge in [0.1, 0.15) is 0 Å². The summed E-state index contributed by atoms with van der Waals surface area (Å²) in [6.07, 6.45) is 2.83. The Balaban J connectivity index is 1.88. The third kappa shape index (κ3) is 5.43. The predicted octanol–water partition coefficient (Wildman–Crippen LogP) is 6.48. The van der Waals surface area contributed by atoms with Crippen LogP contribution in [-0.4, -0.2) is 41.1 Å². The third-order valence-corrected chi connectivity index (χ3v) is 10.5. The topological polar surface area (TPSA) is 90.0 Å². The first kappa shape index (κ1) is 30.8. The van der Waals surface area contributed by atoms with E-state index in [0.29, 0.717) is 23.4 Å². The number of sulfonamides is 1. The molecule has 1 heterocycles. The van der Waals surface area contributed by atoms with Crippen LogP contribution in [-0.2, 0) is 35.5 Å². The van der Waals surface area contributed by atoms with E-state index in [1.807, 2.05) is 52.8 Å². The van der Waals surface area contributed by atoms with Gasteiger partial charge in [0.2, 0.25) is 0 Å². The summed E-state index contributed by atoms with van der Waals surface area (Å²) in [6, 6.07) is 7.95. The predicted molar refractivity (Wildman–Crippen MR) is 162 cm³/mol. The van der Waals surface area contributed by atoms with E-state index in [4.69, 9.17) is 9.47 Å². The Labute approximate surface area is 245 Å². The van der Waals surface area contributed by atoms with Crippen molar-refractivity contribution in [1.82, 2.24) is 0 Å². The standard InChI is InChI=1S/C33H43NO6S/c1-18(2)24-15-25(19(3)4)31(26(16-24)20(5)6)41(37,38)34-17-23-12-11-22(30(32(35)39-8)33(36)40-9)14-27-21(7)10-13-28(34)29(23)27/h10,12-13,15-16,18-20,22,30H,11,14,17H2,1-9H3.